The van der Waals surface area contributed by atoms with E-state index in [1.807, 2.05) is 5.32 Å². The van der Waals surface area contributed by atoms with Crippen molar-refractivity contribution in [3.05, 3.63) is 25.3 Å². The lowest BCUT2D eigenvalue weighted by molar-refractivity contribution is -0.125. The summed E-state index contributed by atoms with van der Waals surface area (Å²) >= 11 is 0. The quantitative estimate of drug-likeness (QED) is 0.572. The average Bonchev–Trinajstić information content (AvgIpc) is 2.36. The van der Waals surface area contributed by atoms with E-state index >= 15 is 0 Å². The third-order valence-electron chi connectivity index (χ3n) is 1.50. The lowest BCUT2D eigenvalue weighted by Crippen LogP contribution is -2.26. The summed E-state index contributed by atoms with van der Waals surface area (Å²) in [5, 5.41) is 19.1. The van der Waals surface area contributed by atoms with E-state index in [2.05, 4.69) is 13.2 Å². The number of nitrogens with one attached hydrogen (secondary N) is 1. The van der Waals surface area contributed by atoms with Crippen molar-refractivity contribution in [2.75, 3.05) is 13.2 Å². The molecule has 0 bridgehead atoms. The summed E-state index contributed by atoms with van der Waals surface area (Å²) in [5.74, 6) is -1.03. The molecule has 0 aliphatic heterocycles. The Balaban J connectivity index is 0. The number of rotatable bonds is 6. The highest BCUT2D eigenvalue weighted by Crippen LogP contribution is 1.90. The molecule has 0 heterocycles. The maximum Gasteiger partial charge on any atom is 0.250 e. The molecule has 0 aromatic heterocycles. The highest BCUT2D eigenvalue weighted by molar-refractivity contribution is 6.04. The summed E-state index contributed by atoms with van der Waals surface area (Å²) in [5.41, 5.74) is 0. The van der Waals surface area contributed by atoms with Gasteiger partial charge in [-0.3, -0.25) is 14.9 Å². The van der Waals surface area contributed by atoms with Gasteiger partial charge in [-0.15, -0.1) is 0 Å². The molecular weight excluding hydrogens is 238 g/mol. The molecule has 0 aliphatic rings. The van der Waals surface area contributed by atoms with Gasteiger partial charge < -0.3 is 14.9 Å². The normalized spacial score (nSPS) is 12.4. The van der Waals surface area contributed by atoms with Gasteiger partial charge in [0.05, 0.1) is 25.4 Å². The first-order valence-corrected chi connectivity index (χ1v) is 5.37. The Hall–Kier alpha value is -1.50. The van der Waals surface area contributed by atoms with Crippen LogP contribution < -0.4 is 5.32 Å². The first kappa shape index (κ1) is 18.9. The highest BCUT2D eigenvalue weighted by atomic mass is 16.5. The molecule has 6 nitrogen and oxygen atoms in total. The minimum atomic E-state index is -0.514. The molecule has 3 N–H and O–H groups in total. The zero-order valence-electron chi connectivity index (χ0n) is 10.8. The fourth-order valence-corrected chi connectivity index (χ4v) is 0.580. The Labute approximate surface area is 107 Å². The van der Waals surface area contributed by atoms with E-state index in [0.29, 0.717) is 6.61 Å². The van der Waals surface area contributed by atoms with Crippen LogP contribution in [0, 0.1) is 0 Å². The molecule has 0 spiro atoms. The van der Waals surface area contributed by atoms with Crippen molar-refractivity contribution in [2.45, 2.75) is 26.1 Å². The zero-order chi connectivity index (χ0) is 14.6. The predicted octanol–water partition coefficient (Wildman–Crippen LogP) is -0.234. The third kappa shape index (κ3) is 14.5. The second-order valence-corrected chi connectivity index (χ2v) is 3.44. The van der Waals surface area contributed by atoms with Gasteiger partial charge in [0.15, 0.2) is 0 Å². The summed E-state index contributed by atoms with van der Waals surface area (Å²) in [6.45, 7) is 9.99. The predicted molar refractivity (Wildman–Crippen MR) is 67.7 cm³/mol. The molecule has 18 heavy (non-hydrogen) atoms. The smallest absolute Gasteiger partial charge is 0.250 e. The summed E-state index contributed by atoms with van der Waals surface area (Å²) in [7, 11) is 0. The average molecular weight is 259 g/mol. The van der Waals surface area contributed by atoms with E-state index in [1.165, 1.54) is 0 Å². The number of carbonyl (C=O) groups excluding carboxylic acids is 2. The molecule has 6 heteroatoms. The highest BCUT2D eigenvalue weighted by Gasteiger charge is 2.00. The molecule has 0 saturated heterocycles. The van der Waals surface area contributed by atoms with Gasteiger partial charge >= 0.3 is 0 Å². The van der Waals surface area contributed by atoms with Crippen LogP contribution in [-0.4, -0.2) is 47.4 Å². The van der Waals surface area contributed by atoms with Crippen LogP contribution in [0.1, 0.15) is 13.8 Å². The van der Waals surface area contributed by atoms with E-state index in [4.69, 9.17) is 14.9 Å². The van der Waals surface area contributed by atoms with Gasteiger partial charge in [-0.1, -0.05) is 13.2 Å². The molecule has 0 aliphatic carbocycles. The van der Waals surface area contributed by atoms with Crippen LogP contribution in [0.2, 0.25) is 0 Å². The van der Waals surface area contributed by atoms with E-state index < -0.39 is 17.9 Å². The Morgan fingerprint density at radius 1 is 1.28 bits per heavy atom. The second-order valence-electron chi connectivity index (χ2n) is 3.44. The van der Waals surface area contributed by atoms with Crippen molar-refractivity contribution < 1.29 is 24.5 Å². The fourth-order valence-electron chi connectivity index (χ4n) is 0.580. The zero-order valence-corrected chi connectivity index (χ0v) is 10.8. The van der Waals surface area contributed by atoms with Gasteiger partial charge in [-0.25, -0.2) is 0 Å². The minimum absolute atomic E-state index is 0.00667. The molecule has 0 saturated carbocycles. The number of imide groups is 1. The number of carbonyl (C=O) groups is 2. The summed E-state index contributed by atoms with van der Waals surface area (Å²) < 4.78 is 4.95. The van der Waals surface area contributed by atoms with Gasteiger partial charge in [0.25, 0.3) is 0 Å². The Kier molecular flexibility index (Phi) is 12.5. The molecule has 0 aromatic carbocycles. The first-order valence-electron chi connectivity index (χ1n) is 5.37. The maximum atomic E-state index is 10.3. The number of amides is 2. The molecule has 0 rings (SSSR count). The van der Waals surface area contributed by atoms with Crippen LogP contribution in [-0.2, 0) is 14.3 Å². The molecule has 2 unspecified atom stereocenters. The van der Waals surface area contributed by atoms with Crippen LogP contribution in [0.3, 0.4) is 0 Å². The van der Waals surface area contributed by atoms with Crippen molar-refractivity contribution >= 4 is 11.8 Å². The Bertz CT molecular complexity index is 258. The van der Waals surface area contributed by atoms with Gasteiger partial charge in [0, 0.05) is 0 Å². The topological polar surface area (TPSA) is 95.9 Å². The molecule has 0 radical (unpaired) electrons. The number of ether oxygens (including phenoxy) is 1. The number of hydrogen-bond acceptors (Lipinski definition) is 5. The maximum absolute atomic E-state index is 10.3. The first-order chi connectivity index (χ1) is 8.37. The van der Waals surface area contributed by atoms with Crippen LogP contribution in [0.25, 0.3) is 0 Å². The summed E-state index contributed by atoms with van der Waals surface area (Å²) in [6.07, 6.45) is 1.42. The van der Waals surface area contributed by atoms with E-state index in [-0.39, 0.29) is 12.7 Å². The van der Waals surface area contributed by atoms with Crippen molar-refractivity contribution in [3.8, 4) is 0 Å². The molecule has 2 amide bonds. The summed E-state index contributed by atoms with van der Waals surface area (Å²) in [6, 6.07) is 0. The summed E-state index contributed by atoms with van der Waals surface area (Å²) in [4.78, 5) is 20.6. The van der Waals surface area contributed by atoms with Crippen LogP contribution in [0.5, 0.6) is 0 Å². The van der Waals surface area contributed by atoms with Crippen LogP contribution in [0.15, 0.2) is 25.3 Å². The van der Waals surface area contributed by atoms with Gasteiger partial charge in [-0.05, 0) is 26.0 Å². The van der Waals surface area contributed by atoms with Crippen molar-refractivity contribution in [1.29, 1.82) is 0 Å². The third-order valence-corrected chi connectivity index (χ3v) is 1.50. The van der Waals surface area contributed by atoms with E-state index in [9.17, 15) is 9.59 Å². The van der Waals surface area contributed by atoms with Crippen LogP contribution in [0.4, 0.5) is 0 Å². The second kappa shape index (κ2) is 12.0. The largest absolute Gasteiger partial charge is 0.394 e. The number of aliphatic hydroxyl groups is 2. The Morgan fingerprint density at radius 3 is 2.00 bits per heavy atom. The van der Waals surface area contributed by atoms with Gasteiger partial charge in [-0.2, -0.15) is 0 Å². The van der Waals surface area contributed by atoms with Gasteiger partial charge in [0.2, 0.25) is 11.8 Å². The monoisotopic (exact) mass is 259 g/mol. The molecule has 0 aromatic rings. The molecule has 104 valence electrons. The number of hydrogen-bond donors (Lipinski definition) is 3. The van der Waals surface area contributed by atoms with Crippen molar-refractivity contribution in [3.63, 3.8) is 0 Å². The molecule has 0 fully saturated rings. The number of aliphatic hydroxyl groups excluding tert-OH is 2. The molecule has 2 atom stereocenters. The van der Waals surface area contributed by atoms with E-state index in [0.717, 1.165) is 12.2 Å². The van der Waals surface area contributed by atoms with Gasteiger partial charge in [0.1, 0.15) is 0 Å². The Morgan fingerprint density at radius 2 is 1.72 bits per heavy atom. The standard InChI is InChI=1S/C6H7NO2.C6H14O3/c1-3-5(8)7-6(9)4-2;1-5(8)4-9-6(2)3-7/h3-4H,1-2H2,(H,7,8,9);5-8H,3-4H2,1-2H3. The van der Waals surface area contributed by atoms with Crippen molar-refractivity contribution in [1.82, 2.24) is 5.32 Å². The van der Waals surface area contributed by atoms with Crippen molar-refractivity contribution in [2.24, 2.45) is 0 Å². The lowest BCUT2D eigenvalue weighted by atomic mass is 10.4. The SMILES string of the molecule is C=CC(=O)NC(=O)C=C.CC(O)COC(C)CO. The van der Waals surface area contributed by atoms with Crippen LogP contribution >= 0.6 is 0 Å². The fraction of sp³-hybridized carbons (Fsp3) is 0.500. The minimum Gasteiger partial charge on any atom is -0.394 e. The lowest BCUT2D eigenvalue weighted by Gasteiger charge is -2.10. The van der Waals surface area contributed by atoms with E-state index in [1.54, 1.807) is 13.8 Å². The molecular formula is C12H21NO5.